The summed E-state index contributed by atoms with van der Waals surface area (Å²) in [7, 11) is 0. The Bertz CT molecular complexity index is 769. The van der Waals surface area contributed by atoms with Crippen LogP contribution in [0.5, 0.6) is 0 Å². The number of nitrogens with two attached hydrogens (primary N) is 1. The Hall–Kier alpha value is -2.19. The number of aryl methyl sites for hydroxylation is 1. The molecule has 7 nitrogen and oxygen atoms in total. The SMILES string of the molecule is Cc1nc(-c2c[nH]c(C(=O)N3CCCCC3CNC(=O)CCN)c2)cs1. The summed E-state index contributed by atoms with van der Waals surface area (Å²) in [6.45, 7) is 3.48. The Kier molecular flexibility index (Phi) is 6.05. The van der Waals surface area contributed by atoms with Gasteiger partial charge in [-0.2, -0.15) is 0 Å². The first-order chi connectivity index (χ1) is 12.6. The van der Waals surface area contributed by atoms with Crippen LogP contribution in [0.25, 0.3) is 11.3 Å². The van der Waals surface area contributed by atoms with Crippen molar-refractivity contribution in [2.45, 2.75) is 38.6 Å². The molecular weight excluding hydrogens is 350 g/mol. The van der Waals surface area contributed by atoms with Crippen molar-refractivity contribution in [3.05, 3.63) is 28.3 Å². The lowest BCUT2D eigenvalue weighted by atomic mass is 10.0. The molecule has 1 aliphatic heterocycles. The lowest BCUT2D eigenvalue weighted by Crippen LogP contribution is -2.49. The first kappa shape index (κ1) is 18.6. The molecule has 2 aromatic heterocycles. The molecule has 1 unspecified atom stereocenters. The number of nitrogens with one attached hydrogen (secondary N) is 2. The Morgan fingerprint density at radius 3 is 3.04 bits per heavy atom. The van der Waals surface area contributed by atoms with Gasteiger partial charge < -0.3 is 20.9 Å². The second kappa shape index (κ2) is 8.46. The highest BCUT2D eigenvalue weighted by Crippen LogP contribution is 2.24. The second-order valence-corrected chi connectivity index (χ2v) is 7.61. The van der Waals surface area contributed by atoms with Gasteiger partial charge in [-0.05, 0) is 32.3 Å². The van der Waals surface area contributed by atoms with Crippen LogP contribution in [0, 0.1) is 6.92 Å². The summed E-state index contributed by atoms with van der Waals surface area (Å²) in [5.74, 6) is -0.0903. The number of hydrogen-bond donors (Lipinski definition) is 3. The van der Waals surface area contributed by atoms with E-state index in [1.54, 1.807) is 11.3 Å². The van der Waals surface area contributed by atoms with Gasteiger partial charge in [-0.1, -0.05) is 0 Å². The Labute approximate surface area is 157 Å². The first-order valence-corrected chi connectivity index (χ1v) is 9.85. The fraction of sp³-hybridized carbons (Fsp3) is 0.500. The molecule has 0 spiro atoms. The highest BCUT2D eigenvalue weighted by Gasteiger charge is 2.28. The van der Waals surface area contributed by atoms with Gasteiger partial charge in [0.15, 0.2) is 0 Å². The molecule has 3 rings (SSSR count). The van der Waals surface area contributed by atoms with Gasteiger partial charge >= 0.3 is 0 Å². The molecule has 4 N–H and O–H groups in total. The quantitative estimate of drug-likeness (QED) is 0.717. The normalized spacial score (nSPS) is 17.3. The smallest absolute Gasteiger partial charge is 0.270 e. The van der Waals surface area contributed by atoms with E-state index in [0.717, 1.165) is 35.5 Å². The van der Waals surface area contributed by atoms with Crippen LogP contribution in [-0.4, -0.2) is 52.4 Å². The number of rotatable bonds is 6. The lowest BCUT2D eigenvalue weighted by Gasteiger charge is -2.35. The molecule has 26 heavy (non-hydrogen) atoms. The molecule has 3 heterocycles. The van der Waals surface area contributed by atoms with Crippen LogP contribution in [-0.2, 0) is 4.79 Å². The van der Waals surface area contributed by atoms with Crippen LogP contribution in [0.3, 0.4) is 0 Å². The highest BCUT2D eigenvalue weighted by molar-refractivity contribution is 7.09. The zero-order valence-electron chi connectivity index (χ0n) is 15.0. The van der Waals surface area contributed by atoms with Crippen molar-refractivity contribution in [3.63, 3.8) is 0 Å². The van der Waals surface area contributed by atoms with E-state index in [4.69, 9.17) is 5.73 Å². The summed E-state index contributed by atoms with van der Waals surface area (Å²) in [4.78, 5) is 34.1. The van der Waals surface area contributed by atoms with E-state index in [2.05, 4.69) is 15.3 Å². The number of aromatic amines is 1. The van der Waals surface area contributed by atoms with Gasteiger partial charge in [-0.25, -0.2) is 4.98 Å². The molecule has 1 aliphatic rings. The second-order valence-electron chi connectivity index (χ2n) is 6.54. The number of thiazole rings is 1. The Morgan fingerprint density at radius 1 is 1.46 bits per heavy atom. The van der Waals surface area contributed by atoms with Crippen molar-refractivity contribution in [2.24, 2.45) is 5.73 Å². The van der Waals surface area contributed by atoms with Crippen LogP contribution < -0.4 is 11.1 Å². The van der Waals surface area contributed by atoms with Gasteiger partial charge in [0.2, 0.25) is 5.91 Å². The molecule has 8 heteroatoms. The zero-order valence-corrected chi connectivity index (χ0v) is 15.8. The molecule has 0 aromatic carbocycles. The van der Waals surface area contributed by atoms with E-state index in [1.165, 1.54) is 0 Å². The highest BCUT2D eigenvalue weighted by atomic mass is 32.1. The third kappa shape index (κ3) is 4.31. The maximum absolute atomic E-state index is 13.0. The van der Waals surface area contributed by atoms with Crippen molar-refractivity contribution >= 4 is 23.2 Å². The Balaban J connectivity index is 1.68. The maximum atomic E-state index is 13.0. The van der Waals surface area contributed by atoms with Gasteiger partial charge in [-0.15, -0.1) is 11.3 Å². The standard InChI is InChI=1S/C18H25N5O2S/c1-12-22-16(11-26-12)13-8-15(20-9-13)18(25)23-7-3-2-4-14(23)10-21-17(24)5-6-19/h8-9,11,14,20H,2-7,10,19H2,1H3,(H,21,24). The van der Waals surface area contributed by atoms with Gasteiger partial charge in [0.1, 0.15) is 5.69 Å². The summed E-state index contributed by atoms with van der Waals surface area (Å²) < 4.78 is 0. The molecule has 1 saturated heterocycles. The summed E-state index contributed by atoms with van der Waals surface area (Å²) in [5, 5.41) is 5.88. The Morgan fingerprint density at radius 2 is 2.31 bits per heavy atom. The van der Waals surface area contributed by atoms with Crippen LogP contribution in [0.1, 0.15) is 41.2 Å². The monoisotopic (exact) mass is 375 g/mol. The third-order valence-electron chi connectivity index (χ3n) is 4.62. The molecule has 140 valence electrons. The number of likely N-dealkylation sites (tertiary alicyclic amines) is 1. The predicted octanol–water partition coefficient (Wildman–Crippen LogP) is 1.91. The van der Waals surface area contributed by atoms with Gasteiger partial charge in [0.05, 0.1) is 10.7 Å². The van der Waals surface area contributed by atoms with E-state index in [0.29, 0.717) is 31.7 Å². The van der Waals surface area contributed by atoms with Crippen molar-refractivity contribution in [1.29, 1.82) is 0 Å². The fourth-order valence-electron chi connectivity index (χ4n) is 3.25. The van der Waals surface area contributed by atoms with Crippen molar-refractivity contribution < 1.29 is 9.59 Å². The van der Waals surface area contributed by atoms with E-state index < -0.39 is 0 Å². The van der Waals surface area contributed by atoms with Gasteiger partial charge in [0, 0.05) is 49.2 Å². The molecule has 0 saturated carbocycles. The van der Waals surface area contributed by atoms with Crippen LogP contribution in [0.2, 0.25) is 0 Å². The van der Waals surface area contributed by atoms with E-state index in [-0.39, 0.29) is 17.9 Å². The minimum atomic E-state index is -0.0634. The number of piperidine rings is 1. The predicted molar refractivity (Wildman–Crippen MR) is 102 cm³/mol. The fourth-order valence-corrected chi connectivity index (χ4v) is 3.87. The summed E-state index contributed by atoms with van der Waals surface area (Å²) in [5.41, 5.74) is 7.77. The number of aromatic nitrogens is 2. The molecule has 0 radical (unpaired) electrons. The maximum Gasteiger partial charge on any atom is 0.270 e. The lowest BCUT2D eigenvalue weighted by molar-refractivity contribution is -0.121. The summed E-state index contributed by atoms with van der Waals surface area (Å²) in [6, 6.07) is 1.88. The minimum Gasteiger partial charge on any atom is -0.357 e. The number of amides is 2. The average molecular weight is 375 g/mol. The number of nitrogens with zero attached hydrogens (tertiary/aromatic N) is 2. The largest absolute Gasteiger partial charge is 0.357 e. The van der Waals surface area contributed by atoms with E-state index >= 15 is 0 Å². The molecule has 0 bridgehead atoms. The zero-order chi connectivity index (χ0) is 18.5. The topological polar surface area (TPSA) is 104 Å². The van der Waals surface area contributed by atoms with Crippen LogP contribution in [0.4, 0.5) is 0 Å². The summed E-state index contributed by atoms with van der Waals surface area (Å²) >= 11 is 1.59. The summed E-state index contributed by atoms with van der Waals surface area (Å²) in [6.07, 6.45) is 5.08. The van der Waals surface area contributed by atoms with Crippen molar-refractivity contribution in [1.82, 2.24) is 20.2 Å². The van der Waals surface area contributed by atoms with E-state index in [9.17, 15) is 9.59 Å². The number of carbonyl (C=O) groups excluding carboxylic acids is 2. The molecule has 0 aliphatic carbocycles. The van der Waals surface area contributed by atoms with Crippen LogP contribution in [0.15, 0.2) is 17.6 Å². The number of carbonyl (C=O) groups is 2. The molecular formula is C18H25N5O2S. The van der Waals surface area contributed by atoms with Gasteiger partial charge in [-0.3, -0.25) is 9.59 Å². The number of H-pyrrole nitrogens is 1. The van der Waals surface area contributed by atoms with Gasteiger partial charge in [0.25, 0.3) is 5.91 Å². The first-order valence-electron chi connectivity index (χ1n) is 8.97. The van der Waals surface area contributed by atoms with Crippen molar-refractivity contribution in [3.8, 4) is 11.3 Å². The number of hydrogen-bond acceptors (Lipinski definition) is 5. The van der Waals surface area contributed by atoms with Crippen molar-refractivity contribution in [2.75, 3.05) is 19.6 Å². The third-order valence-corrected chi connectivity index (χ3v) is 5.40. The molecule has 2 amide bonds. The average Bonchev–Trinajstić information content (AvgIpc) is 3.29. The molecule has 2 aromatic rings. The molecule has 1 fully saturated rings. The molecule has 1 atom stereocenters. The van der Waals surface area contributed by atoms with Crippen LogP contribution >= 0.6 is 11.3 Å². The van der Waals surface area contributed by atoms with E-state index in [1.807, 2.05) is 29.5 Å². The minimum absolute atomic E-state index is 0.0197.